The summed E-state index contributed by atoms with van der Waals surface area (Å²) in [5.74, 6) is 1.24. The number of phenols is 1. The Balaban J connectivity index is 1.85. The molecule has 0 bridgehead atoms. The normalized spacial score (nSPS) is 17.2. The minimum Gasteiger partial charge on any atom is -0.508 e. The molecule has 1 aliphatic rings. The molecular weight excluding hydrogens is 264 g/mol. The van der Waals surface area contributed by atoms with E-state index in [1.54, 1.807) is 18.5 Å². The Morgan fingerprint density at radius 1 is 1.37 bits per heavy atom. The van der Waals surface area contributed by atoms with Gasteiger partial charge in [-0.1, -0.05) is 11.6 Å². The number of aromatic hydroxyl groups is 1. The first-order chi connectivity index (χ1) is 9.15. The smallest absolute Gasteiger partial charge is 0.147 e. The van der Waals surface area contributed by atoms with Crippen LogP contribution in [0.3, 0.4) is 0 Å². The van der Waals surface area contributed by atoms with Crippen LogP contribution in [-0.4, -0.2) is 31.3 Å². The van der Waals surface area contributed by atoms with Crippen molar-refractivity contribution in [2.45, 2.75) is 26.1 Å². The summed E-state index contributed by atoms with van der Waals surface area (Å²) in [6, 6.07) is 5.24. The number of halogens is 1. The van der Waals surface area contributed by atoms with Gasteiger partial charge >= 0.3 is 0 Å². The van der Waals surface area contributed by atoms with Gasteiger partial charge in [-0.25, -0.2) is 0 Å². The summed E-state index contributed by atoms with van der Waals surface area (Å²) >= 11 is 6.01. The molecule has 0 amide bonds. The van der Waals surface area contributed by atoms with Gasteiger partial charge in [0.1, 0.15) is 17.9 Å². The third-order valence-corrected chi connectivity index (χ3v) is 3.89. The van der Waals surface area contributed by atoms with Gasteiger partial charge in [-0.3, -0.25) is 4.90 Å². The molecule has 0 fully saturated rings. The zero-order chi connectivity index (χ0) is 13.4. The van der Waals surface area contributed by atoms with Crippen LogP contribution in [-0.2, 0) is 13.1 Å². The molecule has 0 radical (unpaired) electrons. The Bertz CT molecular complexity index is 598. The first kappa shape index (κ1) is 12.4. The second-order valence-electron chi connectivity index (χ2n) is 4.79. The van der Waals surface area contributed by atoms with Gasteiger partial charge in [-0.15, -0.1) is 10.2 Å². The highest BCUT2D eigenvalue weighted by molar-refractivity contribution is 6.30. The van der Waals surface area contributed by atoms with Gasteiger partial charge in [0, 0.05) is 29.7 Å². The third kappa shape index (κ3) is 2.31. The second kappa shape index (κ2) is 4.83. The van der Waals surface area contributed by atoms with Gasteiger partial charge in [0.2, 0.25) is 0 Å². The molecule has 19 heavy (non-hydrogen) atoms. The van der Waals surface area contributed by atoms with E-state index in [0.717, 1.165) is 31.0 Å². The number of hydrogen-bond acceptors (Lipinski definition) is 4. The molecule has 3 rings (SSSR count). The van der Waals surface area contributed by atoms with E-state index in [4.69, 9.17) is 11.6 Å². The van der Waals surface area contributed by atoms with Crippen LogP contribution in [0, 0.1) is 0 Å². The molecule has 0 spiro atoms. The zero-order valence-electron chi connectivity index (χ0n) is 10.6. The van der Waals surface area contributed by atoms with Crippen LogP contribution >= 0.6 is 11.6 Å². The van der Waals surface area contributed by atoms with Gasteiger partial charge in [-0.05, 0) is 25.1 Å². The second-order valence-corrected chi connectivity index (χ2v) is 5.23. The average Bonchev–Trinajstić information content (AvgIpc) is 2.88. The largest absolute Gasteiger partial charge is 0.508 e. The van der Waals surface area contributed by atoms with Crippen molar-refractivity contribution in [3.05, 3.63) is 40.9 Å². The molecule has 1 aromatic heterocycles. The van der Waals surface area contributed by atoms with Crippen molar-refractivity contribution < 1.29 is 5.11 Å². The Morgan fingerprint density at radius 2 is 2.21 bits per heavy atom. The van der Waals surface area contributed by atoms with Gasteiger partial charge in [0.25, 0.3) is 0 Å². The quantitative estimate of drug-likeness (QED) is 0.915. The maximum Gasteiger partial charge on any atom is 0.147 e. The first-order valence-corrected chi connectivity index (χ1v) is 6.62. The summed E-state index contributed by atoms with van der Waals surface area (Å²) in [5.41, 5.74) is 0.848. The van der Waals surface area contributed by atoms with Crippen molar-refractivity contribution in [3.63, 3.8) is 0 Å². The molecule has 6 heteroatoms. The van der Waals surface area contributed by atoms with Gasteiger partial charge in [0.15, 0.2) is 0 Å². The molecular formula is C13H15ClN4O. The number of hydrogen-bond donors (Lipinski definition) is 1. The van der Waals surface area contributed by atoms with Gasteiger partial charge < -0.3 is 9.67 Å². The molecule has 1 N–H and O–H groups in total. The average molecular weight is 279 g/mol. The molecule has 1 aromatic carbocycles. The van der Waals surface area contributed by atoms with Crippen molar-refractivity contribution in [1.82, 2.24) is 19.7 Å². The Hall–Kier alpha value is -1.59. The van der Waals surface area contributed by atoms with Crippen molar-refractivity contribution in [2.75, 3.05) is 6.54 Å². The third-order valence-electron chi connectivity index (χ3n) is 3.66. The van der Waals surface area contributed by atoms with Crippen molar-refractivity contribution in [2.24, 2.45) is 0 Å². The number of nitrogens with zero attached hydrogens (tertiary/aromatic N) is 4. The van der Waals surface area contributed by atoms with Crippen molar-refractivity contribution in [1.29, 1.82) is 0 Å². The Labute approximate surface area is 116 Å². The van der Waals surface area contributed by atoms with E-state index >= 15 is 0 Å². The molecule has 1 aliphatic heterocycles. The van der Waals surface area contributed by atoms with E-state index < -0.39 is 0 Å². The molecule has 0 saturated carbocycles. The number of benzene rings is 1. The fraction of sp³-hybridized carbons (Fsp3) is 0.385. The maximum atomic E-state index is 9.97. The number of phenolic OH excluding ortho intramolecular Hbond substituents is 1. The van der Waals surface area contributed by atoms with Crippen LogP contribution in [0.1, 0.15) is 24.4 Å². The van der Waals surface area contributed by atoms with E-state index in [1.807, 2.05) is 6.07 Å². The molecule has 100 valence electrons. The van der Waals surface area contributed by atoms with Crippen LogP contribution in [0.2, 0.25) is 5.02 Å². The maximum absolute atomic E-state index is 9.97. The summed E-state index contributed by atoms with van der Waals surface area (Å²) in [6.07, 6.45) is 1.76. The van der Waals surface area contributed by atoms with Crippen molar-refractivity contribution in [3.8, 4) is 5.75 Å². The zero-order valence-corrected chi connectivity index (χ0v) is 11.4. The fourth-order valence-electron chi connectivity index (χ4n) is 2.47. The van der Waals surface area contributed by atoms with Crippen LogP contribution in [0.5, 0.6) is 5.75 Å². The Morgan fingerprint density at radius 3 is 3.05 bits per heavy atom. The van der Waals surface area contributed by atoms with Crippen LogP contribution < -0.4 is 0 Å². The van der Waals surface area contributed by atoms with E-state index in [-0.39, 0.29) is 11.8 Å². The highest BCUT2D eigenvalue weighted by atomic mass is 35.5. The highest BCUT2D eigenvalue weighted by Crippen LogP contribution is 2.32. The molecule has 1 atom stereocenters. The van der Waals surface area contributed by atoms with Gasteiger partial charge in [-0.2, -0.15) is 0 Å². The van der Waals surface area contributed by atoms with E-state index in [2.05, 4.69) is 26.6 Å². The first-order valence-electron chi connectivity index (χ1n) is 6.24. The molecule has 1 unspecified atom stereocenters. The molecule has 0 aliphatic carbocycles. The summed E-state index contributed by atoms with van der Waals surface area (Å²) < 4.78 is 2.06. The predicted octanol–water partition coefficient (Wildman–Crippen LogP) is 2.21. The minimum atomic E-state index is 0.0872. The number of fused-ring (bicyclic) bond motifs is 1. The molecule has 5 nitrogen and oxygen atoms in total. The summed E-state index contributed by atoms with van der Waals surface area (Å²) in [6.45, 7) is 4.57. The lowest BCUT2D eigenvalue weighted by molar-refractivity contribution is 0.161. The summed E-state index contributed by atoms with van der Waals surface area (Å²) in [5, 5.41) is 18.6. The minimum absolute atomic E-state index is 0.0872. The van der Waals surface area contributed by atoms with Crippen LogP contribution in [0.15, 0.2) is 24.5 Å². The number of rotatable bonds is 2. The van der Waals surface area contributed by atoms with E-state index in [0.29, 0.717) is 5.02 Å². The lowest BCUT2D eigenvalue weighted by atomic mass is 10.1. The molecule has 2 heterocycles. The lowest BCUT2D eigenvalue weighted by Crippen LogP contribution is -2.35. The number of aromatic nitrogens is 3. The topological polar surface area (TPSA) is 54.2 Å². The molecule has 2 aromatic rings. The molecule has 0 saturated heterocycles. The van der Waals surface area contributed by atoms with E-state index in [9.17, 15) is 5.11 Å². The monoisotopic (exact) mass is 278 g/mol. The highest BCUT2D eigenvalue weighted by Gasteiger charge is 2.24. The lowest BCUT2D eigenvalue weighted by Gasteiger charge is -2.32. The summed E-state index contributed by atoms with van der Waals surface area (Å²) in [4.78, 5) is 2.26. The van der Waals surface area contributed by atoms with Crippen molar-refractivity contribution >= 4 is 11.6 Å². The van der Waals surface area contributed by atoms with E-state index in [1.165, 1.54) is 0 Å². The van der Waals surface area contributed by atoms with Gasteiger partial charge in [0.05, 0.1) is 6.54 Å². The van der Waals surface area contributed by atoms with Crippen LogP contribution in [0.25, 0.3) is 0 Å². The summed E-state index contributed by atoms with van der Waals surface area (Å²) in [7, 11) is 0. The SMILES string of the molecule is CC(c1cc(Cl)ccc1O)N1CCn2cnnc2C1. The van der Waals surface area contributed by atoms with Crippen LogP contribution in [0.4, 0.5) is 0 Å². The predicted molar refractivity (Wildman–Crippen MR) is 72.0 cm³/mol. The Kier molecular flexibility index (Phi) is 3.16. The standard InChI is InChI=1S/C13H15ClN4O/c1-9(11-6-10(14)2-3-12(11)19)17-4-5-18-8-15-16-13(18)7-17/h2-3,6,8-9,19H,4-5,7H2,1H3. The fourth-order valence-corrected chi connectivity index (χ4v) is 2.65.